The number of aryl methyl sites for hydroxylation is 1. The zero-order chi connectivity index (χ0) is 17.3. The zero-order valence-corrected chi connectivity index (χ0v) is 14.4. The molecule has 0 saturated heterocycles. The highest BCUT2D eigenvalue weighted by Crippen LogP contribution is 2.33. The summed E-state index contributed by atoms with van der Waals surface area (Å²) in [5.74, 6) is -1.24. The predicted octanol–water partition coefficient (Wildman–Crippen LogP) is 2.55. The van der Waals surface area contributed by atoms with Gasteiger partial charge in [-0.25, -0.2) is 0 Å². The number of nitrogens with zero attached hydrogens (tertiary/aromatic N) is 3. The highest BCUT2D eigenvalue weighted by atomic mass is 35.5. The number of amides is 2. The van der Waals surface area contributed by atoms with Crippen molar-refractivity contribution in [1.29, 1.82) is 0 Å². The van der Waals surface area contributed by atoms with E-state index in [2.05, 4.69) is 10.4 Å². The van der Waals surface area contributed by atoms with Crippen molar-refractivity contribution in [3.05, 3.63) is 46.7 Å². The lowest BCUT2D eigenvalue weighted by molar-refractivity contribution is -0.144. The molecule has 1 aliphatic carbocycles. The second-order valence-corrected chi connectivity index (χ2v) is 6.40. The van der Waals surface area contributed by atoms with Crippen LogP contribution in [0.1, 0.15) is 30.1 Å². The first kappa shape index (κ1) is 16.5. The SMILES string of the molecule is CN(C(=O)C(=O)Nc1cccc(Cl)c1)[C@H]1CCCc2c1cnn2C. The quantitative estimate of drug-likeness (QED) is 0.850. The van der Waals surface area contributed by atoms with Crippen LogP contribution in [0, 0.1) is 0 Å². The molecule has 3 rings (SSSR count). The Morgan fingerprint density at radius 1 is 1.42 bits per heavy atom. The van der Waals surface area contributed by atoms with E-state index in [9.17, 15) is 9.59 Å². The number of benzene rings is 1. The topological polar surface area (TPSA) is 67.2 Å². The average Bonchev–Trinajstić information content (AvgIpc) is 2.95. The Kier molecular flexibility index (Phi) is 4.57. The molecular formula is C17H19ClN4O2. The standard InChI is InChI=1S/C17H19ClN4O2/c1-21(14-7-4-8-15-13(14)10-19-22(15)2)17(24)16(23)20-12-6-3-5-11(18)9-12/h3,5-6,9-10,14H,4,7-8H2,1-2H3,(H,20,23)/t14-/m0/s1. The smallest absolute Gasteiger partial charge is 0.313 e. The van der Waals surface area contributed by atoms with Crippen molar-refractivity contribution in [2.45, 2.75) is 25.3 Å². The molecule has 1 aliphatic rings. The highest BCUT2D eigenvalue weighted by molar-refractivity contribution is 6.39. The van der Waals surface area contributed by atoms with Crippen LogP contribution in [-0.4, -0.2) is 33.5 Å². The summed E-state index contributed by atoms with van der Waals surface area (Å²) in [6.45, 7) is 0. The number of hydrogen-bond donors (Lipinski definition) is 1. The number of halogens is 1. The number of carbonyl (C=O) groups is 2. The minimum Gasteiger partial charge on any atom is -0.330 e. The number of likely N-dealkylation sites (N-methyl/N-ethyl adjacent to an activating group) is 1. The van der Waals surface area contributed by atoms with Gasteiger partial charge in [-0.15, -0.1) is 0 Å². The lowest BCUT2D eigenvalue weighted by atomic mass is 9.92. The summed E-state index contributed by atoms with van der Waals surface area (Å²) < 4.78 is 1.84. The molecule has 0 unspecified atom stereocenters. The molecule has 7 heteroatoms. The summed E-state index contributed by atoms with van der Waals surface area (Å²) in [6.07, 6.45) is 4.52. The molecule has 1 atom stereocenters. The normalized spacial score (nSPS) is 16.4. The van der Waals surface area contributed by atoms with E-state index in [-0.39, 0.29) is 6.04 Å². The molecule has 24 heavy (non-hydrogen) atoms. The third-order valence-electron chi connectivity index (χ3n) is 4.41. The van der Waals surface area contributed by atoms with E-state index in [4.69, 9.17) is 11.6 Å². The number of carbonyl (C=O) groups excluding carboxylic acids is 2. The molecule has 0 spiro atoms. The highest BCUT2D eigenvalue weighted by Gasteiger charge is 2.31. The molecule has 1 heterocycles. The van der Waals surface area contributed by atoms with Gasteiger partial charge in [0.15, 0.2) is 0 Å². The van der Waals surface area contributed by atoms with Crippen molar-refractivity contribution >= 4 is 29.1 Å². The molecular weight excluding hydrogens is 328 g/mol. The van der Waals surface area contributed by atoms with E-state index in [1.165, 1.54) is 4.90 Å². The zero-order valence-electron chi connectivity index (χ0n) is 13.6. The van der Waals surface area contributed by atoms with Gasteiger partial charge in [0.1, 0.15) is 0 Å². The van der Waals surface area contributed by atoms with Crippen LogP contribution in [0.4, 0.5) is 5.69 Å². The first-order valence-electron chi connectivity index (χ1n) is 7.82. The first-order valence-corrected chi connectivity index (χ1v) is 8.19. The summed E-state index contributed by atoms with van der Waals surface area (Å²) in [5.41, 5.74) is 2.65. The Hall–Kier alpha value is -2.34. The van der Waals surface area contributed by atoms with Crippen molar-refractivity contribution in [2.24, 2.45) is 7.05 Å². The fourth-order valence-electron chi connectivity index (χ4n) is 3.14. The van der Waals surface area contributed by atoms with Gasteiger partial charge in [0.2, 0.25) is 0 Å². The van der Waals surface area contributed by atoms with Crippen LogP contribution in [0.15, 0.2) is 30.5 Å². The fraction of sp³-hybridized carbons (Fsp3) is 0.353. The van der Waals surface area contributed by atoms with E-state index in [1.807, 2.05) is 11.7 Å². The molecule has 126 valence electrons. The summed E-state index contributed by atoms with van der Waals surface area (Å²) in [6, 6.07) is 6.59. The minimum absolute atomic E-state index is 0.125. The molecule has 0 fully saturated rings. The van der Waals surface area contributed by atoms with Crippen LogP contribution in [0.3, 0.4) is 0 Å². The largest absolute Gasteiger partial charge is 0.330 e. The number of fused-ring (bicyclic) bond motifs is 1. The monoisotopic (exact) mass is 346 g/mol. The molecule has 2 aromatic rings. The maximum atomic E-state index is 12.5. The van der Waals surface area contributed by atoms with Gasteiger partial charge in [-0.05, 0) is 37.5 Å². The van der Waals surface area contributed by atoms with Gasteiger partial charge in [-0.3, -0.25) is 14.3 Å². The van der Waals surface area contributed by atoms with Crippen LogP contribution in [-0.2, 0) is 23.1 Å². The van der Waals surface area contributed by atoms with Crippen molar-refractivity contribution in [3.8, 4) is 0 Å². The molecule has 1 aromatic carbocycles. The van der Waals surface area contributed by atoms with Gasteiger partial charge in [-0.1, -0.05) is 17.7 Å². The van der Waals surface area contributed by atoms with Crippen molar-refractivity contribution in [3.63, 3.8) is 0 Å². The van der Waals surface area contributed by atoms with Crippen LogP contribution < -0.4 is 5.32 Å². The molecule has 0 saturated carbocycles. The van der Waals surface area contributed by atoms with Gasteiger partial charge in [0, 0.05) is 36.1 Å². The van der Waals surface area contributed by atoms with Gasteiger partial charge >= 0.3 is 11.8 Å². The van der Waals surface area contributed by atoms with Gasteiger partial charge < -0.3 is 10.2 Å². The number of anilines is 1. The van der Waals surface area contributed by atoms with E-state index < -0.39 is 11.8 Å². The Morgan fingerprint density at radius 3 is 2.96 bits per heavy atom. The molecule has 0 bridgehead atoms. The maximum Gasteiger partial charge on any atom is 0.313 e. The summed E-state index contributed by atoms with van der Waals surface area (Å²) >= 11 is 5.89. The average molecular weight is 347 g/mol. The Balaban J connectivity index is 1.74. The third kappa shape index (κ3) is 3.14. The van der Waals surface area contributed by atoms with Gasteiger partial charge in [-0.2, -0.15) is 5.10 Å². The Bertz CT molecular complexity index is 787. The molecule has 1 aromatic heterocycles. The number of hydrogen-bond acceptors (Lipinski definition) is 3. The maximum absolute atomic E-state index is 12.5. The molecule has 0 radical (unpaired) electrons. The molecule has 6 nitrogen and oxygen atoms in total. The Labute approximate surface area is 145 Å². The van der Waals surface area contributed by atoms with Crippen molar-refractivity contribution < 1.29 is 9.59 Å². The molecule has 2 amide bonds. The molecule has 0 aliphatic heterocycles. The Morgan fingerprint density at radius 2 is 2.21 bits per heavy atom. The van der Waals surface area contributed by atoms with Crippen molar-refractivity contribution in [1.82, 2.24) is 14.7 Å². The van der Waals surface area contributed by atoms with Crippen molar-refractivity contribution in [2.75, 3.05) is 12.4 Å². The predicted molar refractivity (Wildman–Crippen MR) is 91.7 cm³/mol. The fourth-order valence-corrected chi connectivity index (χ4v) is 3.33. The van der Waals surface area contributed by atoms with Gasteiger partial charge in [0.25, 0.3) is 0 Å². The lowest BCUT2D eigenvalue weighted by Gasteiger charge is -2.31. The van der Waals surface area contributed by atoms with E-state index >= 15 is 0 Å². The third-order valence-corrected chi connectivity index (χ3v) is 4.64. The summed E-state index contributed by atoms with van der Waals surface area (Å²) in [4.78, 5) is 26.3. The number of nitrogens with one attached hydrogen (secondary N) is 1. The van der Waals surface area contributed by atoms with Crippen LogP contribution in [0.25, 0.3) is 0 Å². The van der Waals surface area contributed by atoms with E-state index in [0.717, 1.165) is 30.5 Å². The summed E-state index contributed by atoms with van der Waals surface area (Å²) in [7, 11) is 3.56. The van der Waals surface area contributed by atoms with Crippen LogP contribution in [0.2, 0.25) is 5.02 Å². The first-order chi connectivity index (χ1) is 11.5. The van der Waals surface area contributed by atoms with Gasteiger partial charge in [0.05, 0.1) is 12.2 Å². The van der Waals surface area contributed by atoms with Crippen LogP contribution >= 0.6 is 11.6 Å². The second-order valence-electron chi connectivity index (χ2n) is 5.96. The number of aromatic nitrogens is 2. The van der Waals surface area contributed by atoms with E-state index in [0.29, 0.717) is 10.7 Å². The summed E-state index contributed by atoms with van der Waals surface area (Å²) in [5, 5.41) is 7.37. The minimum atomic E-state index is -0.671. The number of rotatable bonds is 2. The van der Waals surface area contributed by atoms with Crippen LogP contribution in [0.5, 0.6) is 0 Å². The van der Waals surface area contributed by atoms with E-state index in [1.54, 1.807) is 37.5 Å². The molecule has 1 N–H and O–H groups in total. The second kappa shape index (κ2) is 6.65. The lowest BCUT2D eigenvalue weighted by Crippen LogP contribution is -2.40.